The maximum Gasteiger partial charge on any atom is 0.416 e. The fourth-order valence-electron chi connectivity index (χ4n) is 14.8. The maximum absolute atomic E-state index is 13.3. The first-order valence-corrected chi connectivity index (χ1v) is 29.7. The summed E-state index contributed by atoms with van der Waals surface area (Å²) in [7, 11) is 209. The molecule has 343 valence electrons. The van der Waals surface area contributed by atoms with Crippen LogP contribution in [0.1, 0.15) is 34.7 Å². The first-order chi connectivity index (χ1) is 42.1. The first kappa shape index (κ1) is 86.4. The Labute approximate surface area is 598 Å². The summed E-state index contributed by atoms with van der Waals surface area (Å²) in [5.74, 6) is 1.38. The number of carbonyl (C=O) groups excluding carboxylic acids is 1. The molecule has 0 saturated heterocycles. The molecule has 91 heavy (non-hydrogen) atoms. The average molecular weight is 1080 g/mol. The summed E-state index contributed by atoms with van der Waals surface area (Å²) in [5, 5.41) is 0. The van der Waals surface area contributed by atoms with Gasteiger partial charge in [-0.25, -0.2) is 0 Å². The Morgan fingerprint density at radius 3 is 1.16 bits per heavy atom. The number of Topliss-reactive ketones (excluding diaryl/α,β-unsaturated/α-hetero) is 1. The molecule has 0 spiro atoms. The Morgan fingerprint density at radius 1 is 0.516 bits per heavy atom. The van der Waals surface area contributed by atoms with E-state index < -0.39 is 197 Å². The van der Waals surface area contributed by atoms with Crippen molar-refractivity contribution in [3.8, 4) is 17.2 Å². The molecule has 0 amide bonds. The predicted molar refractivity (Wildman–Crippen MR) is 454 cm³/mol. The minimum atomic E-state index is -4.49. The standard InChI is InChI=1S/C22H22F3NO4.B61/c1-26-8-7-14-10-18-20(30-12-29-18)21(28-2)19(14)17(26)11-15(27)9-13-5-3-4-6-16(13)22(23,24)25;1-32-48(33(2)3)56(49(34(4)5)35(6)7)60(57(50(36(8)9)37(10)11)51(38(12)13)39(14)15)61(58(52(40(16)17)41(18)19)53(42(20)21)43(22)23)59(54(44(24)25)45(26)27)55(46(28)29)47(30)31/h3-6,10,17H,7-9,11-12H2,1-2H3;. The highest BCUT2D eigenvalue weighted by Gasteiger charge is 2.63. The van der Waals surface area contributed by atoms with Gasteiger partial charge in [0.2, 0.25) is 12.5 Å². The molecule has 0 bridgehead atoms. The molecule has 5 nitrogen and oxygen atoms in total. The summed E-state index contributed by atoms with van der Waals surface area (Å²) in [5.41, 5.74) is 1.07. The second kappa shape index (κ2) is 38.9. The van der Waals surface area contributed by atoms with Crippen LogP contribution in [0.4, 0.5) is 13.2 Å². The lowest BCUT2D eigenvalue weighted by molar-refractivity contribution is -0.138. The van der Waals surface area contributed by atoms with Crippen molar-refractivity contribution in [2.45, 2.75) is 31.5 Å². The summed E-state index contributed by atoms with van der Waals surface area (Å²) < 4.78 is 56.5. The Morgan fingerprint density at radius 2 is 0.846 bits per heavy atom. The van der Waals surface area contributed by atoms with Gasteiger partial charge >= 0.3 is 6.18 Å². The molecule has 1 atom stereocenters. The quantitative estimate of drug-likeness (QED) is 0.0654. The highest BCUT2D eigenvalue weighted by Crippen LogP contribution is 2.50. The highest BCUT2D eigenvalue weighted by molar-refractivity contribution is 8.38. The molecular weight excluding hydrogens is 1060 g/mol. The largest absolute Gasteiger partial charge is 0.492 e. The van der Waals surface area contributed by atoms with E-state index in [2.05, 4.69) is 0 Å². The molecular formula is C22H22B61F3NO4. The van der Waals surface area contributed by atoms with E-state index in [-0.39, 0.29) is 37.0 Å². The minimum Gasteiger partial charge on any atom is -0.492 e. The van der Waals surface area contributed by atoms with E-state index in [0.29, 0.717) is 23.8 Å². The SMILES string of the molecule is COc1c2c(cc3c1C(CC(=O)Cc1ccccc1C(F)(F)F)N(C)CC3)OCO2.[B][B]B(B([B])[B])B(B(B([B])[B])B([B])[B])B(B(B(B([B])[B])B([B])[B])B(B([B])[B])B([B])[B])B(B(B(B([B])[B])B([B])[B])B(B([B])[B])B([B])[B])B(B(B([B])[B])B([B])[B])B(B([B])[B])B([B])[B]. The molecule has 2 aliphatic rings. The Hall–Kier alpha value is 1.22. The fourth-order valence-corrected chi connectivity index (χ4v) is 14.8. The third-order valence-corrected chi connectivity index (χ3v) is 18.3. The molecule has 0 aromatic heterocycles. The molecule has 2 aromatic carbocycles. The summed E-state index contributed by atoms with van der Waals surface area (Å²) in [4.78, 5) is 14.9. The van der Waals surface area contributed by atoms with E-state index >= 15 is 0 Å². The van der Waals surface area contributed by atoms with Crippen LogP contribution in [0.2, 0.25) is 0 Å². The van der Waals surface area contributed by atoms with Gasteiger partial charge in [-0.3, -0.25) is 9.69 Å². The maximum atomic E-state index is 13.3. The number of fused-ring (bicyclic) bond motifs is 2. The van der Waals surface area contributed by atoms with Crippen LogP contribution < -0.4 is 14.2 Å². The van der Waals surface area contributed by atoms with Crippen molar-refractivity contribution >= 4 is 438 Å². The zero-order valence-corrected chi connectivity index (χ0v) is 51.9. The van der Waals surface area contributed by atoms with E-state index in [1.54, 1.807) is 0 Å². The summed E-state index contributed by atoms with van der Waals surface area (Å²) in [6.07, 6.45) is -45.1. The lowest BCUT2D eigenvalue weighted by atomic mass is 8.22. The number of halogens is 3. The van der Waals surface area contributed by atoms with Crippen LogP contribution >= 0.6 is 0 Å². The normalized spacial score (nSPS) is 12.5. The van der Waals surface area contributed by atoms with Crippen molar-refractivity contribution in [2.75, 3.05) is 27.5 Å². The second-order valence-corrected chi connectivity index (χ2v) is 24.5. The number of rotatable bonds is 34. The predicted octanol–water partition coefficient (Wildman–Crippen LogP) is -19.1. The van der Waals surface area contributed by atoms with Crippen molar-refractivity contribution in [3.63, 3.8) is 0 Å². The third-order valence-electron chi connectivity index (χ3n) is 18.3. The molecule has 0 aliphatic carbocycles. The number of nitrogens with zero attached hydrogens (tertiary/aromatic N) is 1. The van der Waals surface area contributed by atoms with Gasteiger partial charge in [-0.05, 0) is 36.7 Å². The van der Waals surface area contributed by atoms with Crippen LogP contribution in [0.25, 0.3) is 0 Å². The minimum absolute atomic E-state index is 0.00802. The monoisotopic (exact) mass is 1090 g/mol. The van der Waals surface area contributed by atoms with Crippen LogP contribution in [-0.4, -0.2) is 470 Å². The molecule has 4 rings (SSSR count). The average Bonchev–Trinajstić information content (AvgIpc) is 0.778. The molecule has 0 fully saturated rings. The van der Waals surface area contributed by atoms with Gasteiger partial charge in [-0.1, -0.05) is 18.2 Å². The number of likely N-dealkylation sites (N-methyl/N-ethyl adjacent to an activating group) is 1. The summed E-state index contributed by atoms with van der Waals surface area (Å²) >= 11 is 0. The molecule has 63 radical (unpaired) electrons. The van der Waals surface area contributed by atoms with Gasteiger partial charge in [0, 0.05) is 463 Å². The Bertz CT molecular complexity index is 2340. The number of ketones is 1. The lowest BCUT2D eigenvalue weighted by Gasteiger charge is -2.59. The second-order valence-electron chi connectivity index (χ2n) is 24.5. The Balaban J connectivity index is 0.000000591. The van der Waals surface area contributed by atoms with Crippen LogP contribution in [0.3, 0.4) is 0 Å². The molecule has 2 heterocycles. The first-order valence-electron chi connectivity index (χ1n) is 29.7. The molecule has 0 N–H and O–H groups in total. The van der Waals surface area contributed by atoms with Crippen molar-refractivity contribution < 1.29 is 32.2 Å². The van der Waals surface area contributed by atoms with Gasteiger partial charge in [0.05, 0.1) is 12.7 Å². The number of benzene rings is 2. The zero-order chi connectivity index (χ0) is 69.9. The van der Waals surface area contributed by atoms with Gasteiger partial charge < -0.3 is 14.2 Å². The number of alkyl halides is 3. The molecule has 69 heteroatoms. The number of hydrogen-bond donors (Lipinski definition) is 0. The van der Waals surface area contributed by atoms with Crippen LogP contribution in [-0.2, 0) is 23.8 Å². The van der Waals surface area contributed by atoms with Gasteiger partial charge in [-0.2, -0.15) is 13.2 Å². The zero-order valence-electron chi connectivity index (χ0n) is 51.9. The van der Waals surface area contributed by atoms with E-state index in [4.69, 9.17) is 254 Å². The van der Waals surface area contributed by atoms with Gasteiger partial charge in [0.25, 0.3) is 0 Å². The third kappa shape index (κ3) is 22.1. The molecule has 2 aliphatic heterocycles. The van der Waals surface area contributed by atoms with Crippen molar-refractivity contribution in [1.29, 1.82) is 0 Å². The van der Waals surface area contributed by atoms with Crippen LogP contribution in [0.5, 0.6) is 17.2 Å². The van der Waals surface area contributed by atoms with Gasteiger partial charge in [0.15, 0.2) is 11.5 Å². The van der Waals surface area contributed by atoms with E-state index in [9.17, 15) is 18.0 Å². The number of hydrogen-bond acceptors (Lipinski definition) is 5. The van der Waals surface area contributed by atoms with Crippen molar-refractivity contribution in [3.05, 3.63) is 52.6 Å². The van der Waals surface area contributed by atoms with E-state index in [0.717, 1.165) is 30.7 Å². The van der Waals surface area contributed by atoms with Crippen molar-refractivity contribution in [1.82, 2.24) is 4.90 Å². The lowest BCUT2D eigenvalue weighted by Crippen LogP contribution is -2.97. The van der Waals surface area contributed by atoms with Gasteiger partial charge in [0.1, 0.15) is 5.78 Å². The number of methoxy groups -OCH3 is 1. The fraction of sp³-hybridized carbons (Fsp3) is 0.409. The van der Waals surface area contributed by atoms with Crippen LogP contribution in [0, 0.1) is 0 Å². The molecule has 0 saturated carbocycles. The van der Waals surface area contributed by atoms with E-state index in [1.165, 1.54) is 25.3 Å². The summed E-state index contributed by atoms with van der Waals surface area (Å²) in [6, 6.07) is 6.80. The van der Waals surface area contributed by atoms with E-state index in [1.807, 2.05) is 18.0 Å². The number of ether oxygens (including phenoxy) is 3. The topological polar surface area (TPSA) is 48.0 Å². The summed E-state index contributed by atoms with van der Waals surface area (Å²) in [6.45, 7) is 0.815. The molecule has 2 aromatic rings. The highest BCUT2D eigenvalue weighted by atomic mass is 19.4. The van der Waals surface area contributed by atoms with Crippen LogP contribution in [0.15, 0.2) is 30.3 Å². The smallest absolute Gasteiger partial charge is 0.416 e. The number of carbonyl (C=O) groups is 1. The molecule has 1 unspecified atom stereocenters. The Kier molecular flexibility index (Phi) is 36.9. The van der Waals surface area contributed by atoms with Crippen molar-refractivity contribution in [2.24, 2.45) is 0 Å². The van der Waals surface area contributed by atoms with Gasteiger partial charge in [-0.15, -0.1) is 0 Å².